The van der Waals surface area contributed by atoms with Crippen LogP contribution in [0.1, 0.15) is 10.4 Å². The van der Waals surface area contributed by atoms with E-state index >= 15 is 0 Å². The molecule has 8 heteroatoms. The Balaban J connectivity index is 1.80. The molecule has 0 heterocycles. The fourth-order valence-corrected chi connectivity index (χ4v) is 3.86. The highest BCUT2D eigenvalue weighted by molar-refractivity contribution is 9.11. The highest BCUT2D eigenvalue weighted by atomic mass is 79.9. The van der Waals surface area contributed by atoms with E-state index in [1.54, 1.807) is 48.5 Å². The molecule has 0 aliphatic rings. The average Bonchev–Trinajstić information content (AvgIpc) is 2.62. The minimum Gasteiger partial charge on any atom is -0.506 e. The molecule has 0 fully saturated rings. The van der Waals surface area contributed by atoms with Gasteiger partial charge in [0.15, 0.2) is 0 Å². The number of aromatic hydroxyl groups is 1. The maximum atomic E-state index is 12.5. The number of carbonyl (C=O) groups is 1. The molecule has 1 amide bonds. The first-order valence-corrected chi connectivity index (χ1v) is 9.90. The lowest BCUT2D eigenvalue weighted by atomic mass is 10.2. The van der Waals surface area contributed by atoms with Crippen LogP contribution in [-0.2, 0) is 0 Å². The van der Waals surface area contributed by atoms with Gasteiger partial charge in [0.25, 0.3) is 5.91 Å². The van der Waals surface area contributed by atoms with Crippen molar-refractivity contribution in [1.82, 2.24) is 0 Å². The first kappa shape index (κ1) is 20.0. The summed E-state index contributed by atoms with van der Waals surface area (Å²) in [5, 5.41) is 13.5. The topological polar surface area (TPSA) is 58.6 Å². The van der Waals surface area contributed by atoms with E-state index in [-0.39, 0.29) is 11.3 Å². The fraction of sp³-hybridized carbons (Fsp3) is 0. The second kappa shape index (κ2) is 8.52. The van der Waals surface area contributed by atoms with Crippen LogP contribution in [0.5, 0.6) is 17.2 Å². The van der Waals surface area contributed by atoms with E-state index in [4.69, 9.17) is 27.9 Å². The van der Waals surface area contributed by atoms with Crippen LogP contribution >= 0.6 is 55.1 Å². The Morgan fingerprint density at radius 3 is 2.37 bits per heavy atom. The Labute approximate surface area is 182 Å². The van der Waals surface area contributed by atoms with E-state index < -0.39 is 5.91 Å². The van der Waals surface area contributed by atoms with E-state index in [1.807, 2.05) is 0 Å². The lowest BCUT2D eigenvalue weighted by Gasteiger charge is -2.12. The number of ether oxygens (including phenoxy) is 1. The zero-order valence-electron chi connectivity index (χ0n) is 13.5. The van der Waals surface area contributed by atoms with Crippen LogP contribution in [0.3, 0.4) is 0 Å². The van der Waals surface area contributed by atoms with Gasteiger partial charge in [0.05, 0.1) is 20.1 Å². The summed E-state index contributed by atoms with van der Waals surface area (Å²) in [6.45, 7) is 0. The molecule has 3 aromatic rings. The SMILES string of the molecule is O=C(Nc1ccc(Oc2ccccc2Cl)c(Cl)c1)c1cc(Br)cc(Br)c1O. The number of benzene rings is 3. The van der Waals surface area contributed by atoms with Gasteiger partial charge in [-0.25, -0.2) is 0 Å². The van der Waals surface area contributed by atoms with E-state index in [9.17, 15) is 9.90 Å². The molecule has 0 unspecified atom stereocenters. The predicted octanol–water partition coefficient (Wildman–Crippen LogP) is 7.27. The Morgan fingerprint density at radius 2 is 1.67 bits per heavy atom. The van der Waals surface area contributed by atoms with Crippen molar-refractivity contribution in [3.63, 3.8) is 0 Å². The van der Waals surface area contributed by atoms with Crippen molar-refractivity contribution in [2.45, 2.75) is 0 Å². The monoisotopic (exact) mass is 529 g/mol. The second-order valence-corrected chi connectivity index (χ2v) is 8.00. The van der Waals surface area contributed by atoms with Crippen molar-refractivity contribution < 1.29 is 14.6 Å². The quantitative estimate of drug-likeness (QED) is 0.372. The Morgan fingerprint density at radius 1 is 0.963 bits per heavy atom. The number of phenols is 1. The van der Waals surface area contributed by atoms with Crippen LogP contribution in [0.15, 0.2) is 63.5 Å². The largest absolute Gasteiger partial charge is 0.506 e. The number of amides is 1. The van der Waals surface area contributed by atoms with E-state index in [1.165, 1.54) is 6.07 Å². The van der Waals surface area contributed by atoms with Gasteiger partial charge < -0.3 is 15.2 Å². The Hall–Kier alpha value is -1.73. The van der Waals surface area contributed by atoms with Crippen molar-refractivity contribution in [3.05, 3.63) is 79.2 Å². The first-order valence-electron chi connectivity index (χ1n) is 7.56. The number of para-hydroxylation sites is 1. The highest BCUT2D eigenvalue weighted by Gasteiger charge is 2.16. The highest BCUT2D eigenvalue weighted by Crippen LogP contribution is 2.36. The zero-order chi connectivity index (χ0) is 19.6. The molecule has 4 nitrogen and oxygen atoms in total. The van der Waals surface area contributed by atoms with Crippen molar-refractivity contribution in [1.29, 1.82) is 0 Å². The third kappa shape index (κ3) is 4.76. The van der Waals surface area contributed by atoms with E-state index in [0.29, 0.717) is 36.2 Å². The van der Waals surface area contributed by atoms with Crippen LogP contribution in [0.2, 0.25) is 10.0 Å². The van der Waals surface area contributed by atoms with Gasteiger partial charge in [0.2, 0.25) is 0 Å². The number of rotatable bonds is 4. The minimum atomic E-state index is -0.481. The molecule has 2 N–H and O–H groups in total. The molecule has 3 aromatic carbocycles. The Kier molecular flexibility index (Phi) is 6.32. The molecular weight excluding hydrogens is 521 g/mol. The van der Waals surface area contributed by atoms with E-state index in [2.05, 4.69) is 37.2 Å². The summed E-state index contributed by atoms with van der Waals surface area (Å²) in [4.78, 5) is 12.5. The minimum absolute atomic E-state index is 0.115. The molecule has 0 atom stereocenters. The standard InChI is InChI=1S/C19H11Br2Cl2NO3/c20-10-7-12(18(25)13(21)8-10)19(26)24-11-5-6-17(15(23)9-11)27-16-4-2-1-3-14(16)22/h1-9,25H,(H,24,26). The molecule has 138 valence electrons. The van der Waals surface area contributed by atoms with E-state index in [0.717, 1.165) is 0 Å². The van der Waals surface area contributed by atoms with Crippen molar-refractivity contribution in [2.75, 3.05) is 5.32 Å². The summed E-state index contributed by atoms with van der Waals surface area (Å²) in [5.74, 6) is 0.239. The lowest BCUT2D eigenvalue weighted by Crippen LogP contribution is -2.12. The van der Waals surface area contributed by atoms with Gasteiger partial charge in [0, 0.05) is 10.2 Å². The number of carbonyl (C=O) groups excluding carboxylic acids is 1. The summed E-state index contributed by atoms with van der Waals surface area (Å²) in [6, 6.07) is 15.0. The average molecular weight is 532 g/mol. The maximum absolute atomic E-state index is 12.5. The summed E-state index contributed by atoms with van der Waals surface area (Å²) in [7, 11) is 0. The van der Waals surface area contributed by atoms with Gasteiger partial charge in [-0.3, -0.25) is 4.79 Å². The number of phenolic OH excluding ortho intramolecular Hbond substituents is 1. The number of anilines is 1. The fourth-order valence-electron chi connectivity index (χ4n) is 2.24. The maximum Gasteiger partial charge on any atom is 0.259 e. The van der Waals surface area contributed by atoms with Crippen LogP contribution in [0.4, 0.5) is 5.69 Å². The second-order valence-electron chi connectivity index (χ2n) is 5.42. The van der Waals surface area contributed by atoms with Gasteiger partial charge >= 0.3 is 0 Å². The lowest BCUT2D eigenvalue weighted by molar-refractivity contribution is 0.102. The summed E-state index contributed by atoms with van der Waals surface area (Å²) in [5.41, 5.74) is 0.566. The molecule has 0 spiro atoms. The smallest absolute Gasteiger partial charge is 0.259 e. The Bertz CT molecular complexity index is 1030. The van der Waals surface area contributed by atoms with Gasteiger partial charge in [-0.15, -0.1) is 0 Å². The van der Waals surface area contributed by atoms with Crippen molar-refractivity contribution in [2.24, 2.45) is 0 Å². The summed E-state index contributed by atoms with van der Waals surface area (Å²) >= 11 is 18.8. The molecule has 0 radical (unpaired) electrons. The molecule has 0 saturated carbocycles. The molecule has 27 heavy (non-hydrogen) atoms. The molecule has 0 aliphatic carbocycles. The first-order chi connectivity index (χ1) is 12.8. The molecule has 0 saturated heterocycles. The third-order valence-corrected chi connectivity index (χ3v) is 5.19. The summed E-state index contributed by atoms with van der Waals surface area (Å²) < 4.78 is 6.76. The van der Waals surface area contributed by atoms with Gasteiger partial charge in [-0.2, -0.15) is 0 Å². The molecule has 0 aromatic heterocycles. The predicted molar refractivity (Wildman–Crippen MR) is 114 cm³/mol. The zero-order valence-corrected chi connectivity index (χ0v) is 18.2. The number of halogens is 4. The van der Waals surface area contributed by atoms with Crippen LogP contribution in [0, 0.1) is 0 Å². The number of hydrogen-bond acceptors (Lipinski definition) is 3. The van der Waals surface area contributed by atoms with Crippen LogP contribution < -0.4 is 10.1 Å². The van der Waals surface area contributed by atoms with Gasteiger partial charge in [-0.05, 0) is 58.4 Å². The number of hydrogen-bond donors (Lipinski definition) is 2. The summed E-state index contributed by atoms with van der Waals surface area (Å²) in [6.07, 6.45) is 0. The normalized spacial score (nSPS) is 10.5. The van der Waals surface area contributed by atoms with Crippen LogP contribution in [0.25, 0.3) is 0 Å². The van der Waals surface area contributed by atoms with Crippen LogP contribution in [-0.4, -0.2) is 11.0 Å². The van der Waals surface area contributed by atoms with Gasteiger partial charge in [-0.1, -0.05) is 51.3 Å². The molecule has 3 rings (SSSR count). The third-order valence-electron chi connectivity index (χ3n) is 3.52. The van der Waals surface area contributed by atoms with Crippen molar-refractivity contribution >= 4 is 66.7 Å². The van der Waals surface area contributed by atoms with Gasteiger partial charge in [0.1, 0.15) is 17.2 Å². The number of nitrogens with one attached hydrogen (secondary N) is 1. The van der Waals surface area contributed by atoms with Crippen molar-refractivity contribution in [3.8, 4) is 17.2 Å². The molecule has 0 bridgehead atoms. The molecule has 0 aliphatic heterocycles. The molecular formula is C19H11Br2Cl2NO3.